The molecule has 0 saturated carbocycles. The minimum Gasteiger partial charge on any atom is -0.376 e. The van der Waals surface area contributed by atoms with E-state index in [-0.39, 0.29) is 17.9 Å². The second kappa shape index (κ2) is 7.19. The molecular formula is C15H13BrFN3O3. The third kappa shape index (κ3) is 4.49. The van der Waals surface area contributed by atoms with Crippen molar-refractivity contribution < 1.29 is 14.1 Å². The number of hydrogen-bond donors (Lipinski definition) is 2. The number of nitro benzene ring substituents is 1. The van der Waals surface area contributed by atoms with Crippen molar-refractivity contribution in [1.29, 1.82) is 0 Å². The summed E-state index contributed by atoms with van der Waals surface area (Å²) in [6, 6.07) is 8.62. The lowest BCUT2D eigenvalue weighted by molar-refractivity contribution is -0.384. The van der Waals surface area contributed by atoms with Crippen molar-refractivity contribution in [3.05, 3.63) is 62.4 Å². The first-order chi connectivity index (χ1) is 10.9. The maximum absolute atomic E-state index is 13.6. The molecule has 0 aliphatic carbocycles. The molecule has 6 nitrogen and oxygen atoms in total. The van der Waals surface area contributed by atoms with Gasteiger partial charge in [0.1, 0.15) is 5.82 Å². The number of benzene rings is 2. The quantitative estimate of drug-likeness (QED) is 0.608. The van der Waals surface area contributed by atoms with Gasteiger partial charge in [-0.15, -0.1) is 0 Å². The number of nitrogens with zero attached hydrogens (tertiary/aromatic N) is 1. The summed E-state index contributed by atoms with van der Waals surface area (Å²) in [5.74, 6) is -1.02. The van der Waals surface area contributed by atoms with Crippen LogP contribution in [0.4, 0.5) is 21.5 Å². The van der Waals surface area contributed by atoms with Crippen molar-refractivity contribution in [3.63, 3.8) is 0 Å². The number of hydrogen-bond acceptors (Lipinski definition) is 4. The highest BCUT2D eigenvalue weighted by atomic mass is 79.9. The molecular weight excluding hydrogens is 369 g/mol. The SMILES string of the molecule is Cc1ccc([N+](=O)[O-])cc1NCC(=O)Nc1ccc(Br)cc1F. The fraction of sp³-hybridized carbons (Fsp3) is 0.133. The molecule has 2 N–H and O–H groups in total. The second-order valence-corrected chi connectivity index (χ2v) is 5.70. The predicted octanol–water partition coefficient (Wildman–Crippen LogP) is 3.86. The third-order valence-corrected chi connectivity index (χ3v) is 3.57. The van der Waals surface area contributed by atoms with Crippen LogP contribution in [0, 0.1) is 22.9 Å². The van der Waals surface area contributed by atoms with E-state index in [2.05, 4.69) is 26.6 Å². The molecule has 0 unspecified atom stereocenters. The van der Waals surface area contributed by atoms with Crippen LogP contribution >= 0.6 is 15.9 Å². The lowest BCUT2D eigenvalue weighted by Gasteiger charge is -2.10. The van der Waals surface area contributed by atoms with Crippen molar-refractivity contribution in [2.75, 3.05) is 17.2 Å². The van der Waals surface area contributed by atoms with E-state index in [1.807, 2.05) is 0 Å². The number of aryl methyl sites for hydroxylation is 1. The van der Waals surface area contributed by atoms with Gasteiger partial charge in [0.05, 0.1) is 17.2 Å². The number of amides is 1. The van der Waals surface area contributed by atoms with Gasteiger partial charge in [-0.1, -0.05) is 22.0 Å². The summed E-state index contributed by atoms with van der Waals surface area (Å²) in [7, 11) is 0. The number of carbonyl (C=O) groups excluding carboxylic acids is 1. The van der Waals surface area contributed by atoms with Gasteiger partial charge in [0, 0.05) is 22.3 Å². The van der Waals surface area contributed by atoms with Gasteiger partial charge < -0.3 is 10.6 Å². The van der Waals surface area contributed by atoms with Gasteiger partial charge in [-0.25, -0.2) is 4.39 Å². The van der Waals surface area contributed by atoms with Crippen LogP contribution in [0.3, 0.4) is 0 Å². The van der Waals surface area contributed by atoms with Crippen LogP contribution in [-0.4, -0.2) is 17.4 Å². The van der Waals surface area contributed by atoms with Gasteiger partial charge in [-0.2, -0.15) is 0 Å². The first-order valence-corrected chi connectivity index (χ1v) is 7.40. The third-order valence-electron chi connectivity index (χ3n) is 3.08. The van der Waals surface area contributed by atoms with Gasteiger partial charge in [-0.05, 0) is 30.7 Å². The Balaban J connectivity index is 2.02. The summed E-state index contributed by atoms with van der Waals surface area (Å²) in [6.07, 6.45) is 0. The van der Waals surface area contributed by atoms with E-state index in [9.17, 15) is 19.3 Å². The van der Waals surface area contributed by atoms with Crippen LogP contribution in [-0.2, 0) is 4.79 Å². The molecule has 0 aliphatic heterocycles. The van der Waals surface area contributed by atoms with Crippen LogP contribution in [0.15, 0.2) is 40.9 Å². The Morgan fingerprint density at radius 1 is 1.26 bits per heavy atom. The zero-order valence-electron chi connectivity index (χ0n) is 12.1. The zero-order chi connectivity index (χ0) is 17.0. The minimum absolute atomic E-state index is 0.0655. The molecule has 2 aromatic carbocycles. The first-order valence-electron chi connectivity index (χ1n) is 6.60. The molecule has 120 valence electrons. The number of nitro groups is 1. The Bertz CT molecular complexity index is 768. The van der Waals surface area contributed by atoms with Gasteiger partial charge in [0.15, 0.2) is 0 Å². The maximum Gasteiger partial charge on any atom is 0.271 e. The lowest BCUT2D eigenvalue weighted by atomic mass is 10.2. The van der Waals surface area contributed by atoms with Gasteiger partial charge in [-0.3, -0.25) is 14.9 Å². The van der Waals surface area contributed by atoms with Crippen LogP contribution < -0.4 is 10.6 Å². The standard InChI is InChI=1S/C15H13BrFN3O3/c1-9-2-4-11(20(22)23)7-14(9)18-8-15(21)19-13-5-3-10(16)6-12(13)17/h2-7,18H,8H2,1H3,(H,19,21). The number of anilines is 2. The molecule has 0 saturated heterocycles. The highest BCUT2D eigenvalue weighted by Crippen LogP contribution is 2.22. The zero-order valence-corrected chi connectivity index (χ0v) is 13.7. The Hall–Kier alpha value is -2.48. The van der Waals surface area contributed by atoms with Crippen molar-refractivity contribution in [1.82, 2.24) is 0 Å². The van der Waals surface area contributed by atoms with E-state index in [0.29, 0.717) is 10.2 Å². The van der Waals surface area contributed by atoms with Crippen LogP contribution in [0.25, 0.3) is 0 Å². The Kier molecular flexibility index (Phi) is 5.28. The Labute approximate surface area is 140 Å². The average Bonchev–Trinajstić information content (AvgIpc) is 2.49. The normalized spacial score (nSPS) is 10.2. The monoisotopic (exact) mass is 381 g/mol. The van der Waals surface area contributed by atoms with Crippen molar-refractivity contribution >= 4 is 38.9 Å². The Morgan fingerprint density at radius 2 is 2.00 bits per heavy atom. The van der Waals surface area contributed by atoms with E-state index in [1.54, 1.807) is 19.1 Å². The second-order valence-electron chi connectivity index (χ2n) is 4.78. The lowest BCUT2D eigenvalue weighted by Crippen LogP contribution is -2.22. The summed E-state index contributed by atoms with van der Waals surface area (Å²) >= 11 is 3.13. The van der Waals surface area contributed by atoms with E-state index in [0.717, 1.165) is 5.56 Å². The van der Waals surface area contributed by atoms with E-state index in [4.69, 9.17) is 0 Å². The van der Waals surface area contributed by atoms with E-state index < -0.39 is 16.6 Å². The molecule has 2 aromatic rings. The van der Waals surface area contributed by atoms with Crippen molar-refractivity contribution in [2.24, 2.45) is 0 Å². The predicted molar refractivity (Wildman–Crippen MR) is 89.1 cm³/mol. The van der Waals surface area contributed by atoms with Crippen LogP contribution in [0.2, 0.25) is 0 Å². The van der Waals surface area contributed by atoms with Gasteiger partial charge in [0.2, 0.25) is 5.91 Å². The number of halogens is 2. The van der Waals surface area contributed by atoms with Crippen molar-refractivity contribution in [3.8, 4) is 0 Å². The number of nitrogens with one attached hydrogen (secondary N) is 2. The molecule has 0 atom stereocenters. The number of non-ortho nitro benzene ring substituents is 1. The fourth-order valence-corrected chi connectivity index (χ4v) is 2.21. The summed E-state index contributed by atoms with van der Waals surface area (Å²) in [5.41, 5.74) is 1.23. The van der Waals surface area contributed by atoms with Crippen LogP contribution in [0.5, 0.6) is 0 Å². The minimum atomic E-state index is -0.556. The number of rotatable bonds is 5. The summed E-state index contributed by atoms with van der Waals surface area (Å²) < 4.78 is 14.2. The first kappa shape index (κ1) is 16.9. The van der Waals surface area contributed by atoms with Gasteiger partial charge in [0.25, 0.3) is 5.69 Å². The average molecular weight is 382 g/mol. The summed E-state index contributed by atoms with van der Waals surface area (Å²) in [6.45, 7) is 1.62. The van der Waals surface area contributed by atoms with Crippen LogP contribution in [0.1, 0.15) is 5.56 Å². The molecule has 0 heterocycles. The molecule has 1 amide bonds. The molecule has 8 heteroatoms. The molecule has 0 radical (unpaired) electrons. The molecule has 0 spiro atoms. The number of carbonyl (C=O) groups is 1. The van der Waals surface area contributed by atoms with Crippen molar-refractivity contribution in [2.45, 2.75) is 6.92 Å². The summed E-state index contributed by atoms with van der Waals surface area (Å²) in [4.78, 5) is 22.1. The molecule has 0 bridgehead atoms. The topological polar surface area (TPSA) is 84.3 Å². The molecule has 0 aromatic heterocycles. The highest BCUT2D eigenvalue weighted by Gasteiger charge is 2.11. The molecule has 0 fully saturated rings. The molecule has 0 aliphatic rings. The summed E-state index contributed by atoms with van der Waals surface area (Å²) in [5, 5.41) is 16.0. The molecule has 2 rings (SSSR count). The Morgan fingerprint density at radius 3 is 2.65 bits per heavy atom. The molecule has 23 heavy (non-hydrogen) atoms. The van der Waals surface area contributed by atoms with Gasteiger partial charge >= 0.3 is 0 Å². The van der Waals surface area contributed by atoms with E-state index in [1.165, 1.54) is 24.3 Å². The largest absolute Gasteiger partial charge is 0.376 e. The van der Waals surface area contributed by atoms with E-state index >= 15 is 0 Å². The highest BCUT2D eigenvalue weighted by molar-refractivity contribution is 9.10. The fourth-order valence-electron chi connectivity index (χ4n) is 1.87. The smallest absolute Gasteiger partial charge is 0.271 e. The maximum atomic E-state index is 13.6.